The standard InChI is InChI=1S/C32H39N3O4/c1-23(2)20-28(34-30(36)27(33)19-18-24-12-6-3-7-13-24)31(37)35-29(21-25-14-8-4-9-15-25)32(38)39-22-26-16-10-5-11-17-26/h3-17,23,27-29H,18-22,33H2,1-2H3,(H,34,36)(H,35,37). The third kappa shape index (κ3) is 10.4. The smallest absolute Gasteiger partial charge is 0.329 e. The van der Waals surface area contributed by atoms with Gasteiger partial charge in [-0.25, -0.2) is 4.79 Å². The number of carbonyl (C=O) groups excluding carboxylic acids is 3. The van der Waals surface area contributed by atoms with Gasteiger partial charge in [-0.3, -0.25) is 9.59 Å². The lowest BCUT2D eigenvalue weighted by atomic mass is 10.00. The maximum Gasteiger partial charge on any atom is 0.329 e. The van der Waals surface area contributed by atoms with Crippen molar-refractivity contribution in [2.24, 2.45) is 11.7 Å². The Kier molecular flexibility index (Phi) is 11.7. The van der Waals surface area contributed by atoms with Crippen molar-refractivity contribution in [2.75, 3.05) is 0 Å². The predicted molar refractivity (Wildman–Crippen MR) is 152 cm³/mol. The summed E-state index contributed by atoms with van der Waals surface area (Å²) in [5.41, 5.74) is 9.00. The van der Waals surface area contributed by atoms with Crippen molar-refractivity contribution in [2.45, 2.75) is 64.3 Å². The number of aryl methyl sites for hydroxylation is 1. The topological polar surface area (TPSA) is 111 Å². The first kappa shape index (κ1) is 29.6. The fourth-order valence-corrected chi connectivity index (χ4v) is 4.22. The molecule has 0 fully saturated rings. The van der Waals surface area contributed by atoms with Gasteiger partial charge in [0.05, 0.1) is 6.04 Å². The van der Waals surface area contributed by atoms with E-state index in [9.17, 15) is 14.4 Å². The normalized spacial score (nSPS) is 13.2. The number of hydrogen-bond donors (Lipinski definition) is 3. The molecule has 0 radical (unpaired) electrons. The van der Waals surface area contributed by atoms with Gasteiger partial charge in [-0.1, -0.05) is 105 Å². The third-order valence-corrected chi connectivity index (χ3v) is 6.37. The number of esters is 1. The van der Waals surface area contributed by atoms with E-state index >= 15 is 0 Å². The van der Waals surface area contributed by atoms with Crippen LogP contribution in [-0.4, -0.2) is 35.9 Å². The first-order valence-corrected chi connectivity index (χ1v) is 13.5. The van der Waals surface area contributed by atoms with Crippen LogP contribution in [0.1, 0.15) is 43.4 Å². The average Bonchev–Trinajstić information content (AvgIpc) is 2.95. The highest BCUT2D eigenvalue weighted by atomic mass is 16.5. The van der Waals surface area contributed by atoms with Crippen molar-refractivity contribution in [1.29, 1.82) is 0 Å². The highest BCUT2D eigenvalue weighted by molar-refractivity contribution is 5.92. The second-order valence-electron chi connectivity index (χ2n) is 10.2. The molecule has 0 saturated heterocycles. The maximum atomic E-state index is 13.4. The number of nitrogens with two attached hydrogens (primary N) is 1. The van der Waals surface area contributed by atoms with Crippen LogP contribution in [0.5, 0.6) is 0 Å². The van der Waals surface area contributed by atoms with E-state index < -0.39 is 35.9 Å². The van der Waals surface area contributed by atoms with Crippen LogP contribution in [0.15, 0.2) is 91.0 Å². The highest BCUT2D eigenvalue weighted by Crippen LogP contribution is 2.11. The van der Waals surface area contributed by atoms with Crippen molar-refractivity contribution < 1.29 is 19.1 Å². The highest BCUT2D eigenvalue weighted by Gasteiger charge is 2.29. The van der Waals surface area contributed by atoms with Crippen molar-refractivity contribution in [3.05, 3.63) is 108 Å². The monoisotopic (exact) mass is 529 g/mol. The zero-order chi connectivity index (χ0) is 28.0. The molecule has 0 aliphatic heterocycles. The number of hydrogen-bond acceptors (Lipinski definition) is 5. The van der Waals surface area contributed by atoms with Gasteiger partial charge in [-0.05, 0) is 41.9 Å². The maximum absolute atomic E-state index is 13.4. The summed E-state index contributed by atoms with van der Waals surface area (Å²) >= 11 is 0. The quantitative estimate of drug-likeness (QED) is 0.274. The van der Waals surface area contributed by atoms with Crippen LogP contribution in [0, 0.1) is 5.92 Å². The lowest BCUT2D eigenvalue weighted by Crippen LogP contribution is -2.55. The predicted octanol–water partition coefficient (Wildman–Crippen LogP) is 3.95. The SMILES string of the molecule is CC(C)CC(NC(=O)C(N)CCc1ccccc1)C(=O)NC(Cc1ccccc1)C(=O)OCc1ccccc1. The molecule has 0 aliphatic rings. The van der Waals surface area contributed by atoms with Gasteiger partial charge in [-0.15, -0.1) is 0 Å². The lowest BCUT2D eigenvalue weighted by molar-refractivity contribution is -0.149. The van der Waals surface area contributed by atoms with E-state index in [-0.39, 0.29) is 18.9 Å². The molecule has 39 heavy (non-hydrogen) atoms. The minimum atomic E-state index is -0.915. The summed E-state index contributed by atoms with van der Waals surface area (Å²) in [4.78, 5) is 39.5. The van der Waals surface area contributed by atoms with Gasteiger partial charge in [-0.2, -0.15) is 0 Å². The molecule has 3 aromatic carbocycles. The molecule has 7 nitrogen and oxygen atoms in total. The molecule has 3 unspecified atom stereocenters. The second-order valence-corrected chi connectivity index (χ2v) is 10.2. The zero-order valence-corrected chi connectivity index (χ0v) is 22.7. The molecule has 3 aromatic rings. The van der Waals surface area contributed by atoms with Crippen LogP contribution in [0.25, 0.3) is 0 Å². The van der Waals surface area contributed by atoms with Crippen molar-refractivity contribution in [1.82, 2.24) is 10.6 Å². The van der Waals surface area contributed by atoms with Crippen LogP contribution in [-0.2, 0) is 38.6 Å². The number of carbonyl (C=O) groups is 3. The summed E-state index contributed by atoms with van der Waals surface area (Å²) in [6.45, 7) is 4.04. The molecule has 0 saturated carbocycles. The molecular formula is C32H39N3O4. The van der Waals surface area contributed by atoms with E-state index in [1.807, 2.05) is 105 Å². The van der Waals surface area contributed by atoms with Crippen LogP contribution < -0.4 is 16.4 Å². The van der Waals surface area contributed by atoms with E-state index in [1.54, 1.807) is 0 Å². The van der Waals surface area contributed by atoms with E-state index in [2.05, 4.69) is 10.6 Å². The van der Waals surface area contributed by atoms with Gasteiger partial charge in [0.1, 0.15) is 18.7 Å². The first-order chi connectivity index (χ1) is 18.8. The van der Waals surface area contributed by atoms with Gasteiger partial charge in [0.15, 0.2) is 0 Å². The summed E-state index contributed by atoms with van der Waals surface area (Å²) < 4.78 is 5.56. The summed E-state index contributed by atoms with van der Waals surface area (Å²) in [5.74, 6) is -1.24. The van der Waals surface area contributed by atoms with Crippen LogP contribution >= 0.6 is 0 Å². The summed E-state index contributed by atoms with van der Waals surface area (Å²) in [6, 6.07) is 26.1. The molecule has 3 atom stereocenters. The molecule has 0 heterocycles. The van der Waals surface area contributed by atoms with Crippen LogP contribution in [0.3, 0.4) is 0 Å². The van der Waals surface area contributed by atoms with E-state index in [1.165, 1.54) is 0 Å². The Labute approximate surface area is 231 Å². The van der Waals surface area contributed by atoms with Crippen LogP contribution in [0.4, 0.5) is 0 Å². The number of amides is 2. The van der Waals surface area contributed by atoms with Crippen LogP contribution in [0.2, 0.25) is 0 Å². The number of nitrogens with one attached hydrogen (secondary N) is 2. The molecule has 0 aliphatic carbocycles. The molecule has 3 rings (SSSR count). The molecule has 0 bridgehead atoms. The van der Waals surface area contributed by atoms with Gasteiger partial charge >= 0.3 is 5.97 Å². The number of benzene rings is 3. The number of rotatable bonds is 14. The molecule has 206 valence electrons. The minimum absolute atomic E-state index is 0.100. The Hall–Kier alpha value is -3.97. The summed E-state index contributed by atoms with van der Waals surface area (Å²) in [6.07, 6.45) is 1.77. The summed E-state index contributed by atoms with van der Waals surface area (Å²) in [7, 11) is 0. The van der Waals surface area contributed by atoms with E-state index in [0.717, 1.165) is 16.7 Å². The van der Waals surface area contributed by atoms with Gasteiger partial charge < -0.3 is 21.1 Å². The van der Waals surface area contributed by atoms with E-state index in [4.69, 9.17) is 10.5 Å². The largest absolute Gasteiger partial charge is 0.459 e. The third-order valence-electron chi connectivity index (χ3n) is 6.37. The molecule has 7 heteroatoms. The lowest BCUT2D eigenvalue weighted by Gasteiger charge is -2.25. The van der Waals surface area contributed by atoms with Gasteiger partial charge in [0, 0.05) is 6.42 Å². The minimum Gasteiger partial charge on any atom is -0.459 e. The Morgan fingerprint density at radius 1 is 0.718 bits per heavy atom. The zero-order valence-electron chi connectivity index (χ0n) is 22.7. The molecule has 0 aromatic heterocycles. The average molecular weight is 530 g/mol. The van der Waals surface area contributed by atoms with E-state index in [0.29, 0.717) is 19.3 Å². The molecule has 2 amide bonds. The van der Waals surface area contributed by atoms with Gasteiger partial charge in [0.2, 0.25) is 11.8 Å². The molecular weight excluding hydrogens is 490 g/mol. The fraction of sp³-hybridized carbons (Fsp3) is 0.344. The first-order valence-electron chi connectivity index (χ1n) is 13.5. The summed E-state index contributed by atoms with van der Waals surface area (Å²) in [5, 5.41) is 5.66. The van der Waals surface area contributed by atoms with Crippen molar-refractivity contribution in [3.63, 3.8) is 0 Å². The Bertz CT molecular complexity index is 1170. The van der Waals surface area contributed by atoms with Gasteiger partial charge in [0.25, 0.3) is 0 Å². The Morgan fingerprint density at radius 2 is 1.23 bits per heavy atom. The van der Waals surface area contributed by atoms with Crippen molar-refractivity contribution >= 4 is 17.8 Å². The Morgan fingerprint density at radius 3 is 1.79 bits per heavy atom. The fourth-order valence-electron chi connectivity index (χ4n) is 4.22. The second kappa shape index (κ2) is 15.4. The van der Waals surface area contributed by atoms with Crippen molar-refractivity contribution in [3.8, 4) is 0 Å². The Balaban J connectivity index is 1.66. The molecule has 0 spiro atoms. The molecule has 4 N–H and O–H groups in total. The number of ether oxygens (including phenoxy) is 1.